The molecule has 0 unspecified atom stereocenters. The lowest BCUT2D eigenvalue weighted by molar-refractivity contribution is 0.0846. The fourth-order valence-corrected chi connectivity index (χ4v) is 2.33. The van der Waals surface area contributed by atoms with Crippen molar-refractivity contribution in [1.82, 2.24) is 10.9 Å². The molecule has 2 N–H and O–H groups in total. The summed E-state index contributed by atoms with van der Waals surface area (Å²) in [6.45, 7) is 0.883. The van der Waals surface area contributed by atoms with Gasteiger partial charge in [-0.25, -0.2) is 0 Å². The normalized spacial score (nSPS) is 10.1. The summed E-state index contributed by atoms with van der Waals surface area (Å²) >= 11 is 3.35. The van der Waals surface area contributed by atoms with E-state index in [0.29, 0.717) is 34.6 Å². The van der Waals surface area contributed by atoms with Crippen LogP contribution in [0.25, 0.3) is 0 Å². The molecular formula is C17H17BrN2O4. The highest BCUT2D eigenvalue weighted by molar-refractivity contribution is 9.10. The van der Waals surface area contributed by atoms with Crippen molar-refractivity contribution in [3.05, 3.63) is 64.1 Å². The Bertz CT molecular complexity index is 707. The molecule has 0 bridgehead atoms. The van der Waals surface area contributed by atoms with E-state index in [0.717, 1.165) is 0 Å². The van der Waals surface area contributed by atoms with Crippen LogP contribution in [0.5, 0.6) is 5.75 Å². The molecule has 0 atom stereocenters. The number of benzene rings is 2. The highest BCUT2D eigenvalue weighted by atomic mass is 79.9. The molecule has 2 amide bonds. The Morgan fingerprint density at radius 2 is 1.62 bits per heavy atom. The molecule has 0 heterocycles. The average Bonchev–Trinajstić information content (AvgIpc) is 2.61. The van der Waals surface area contributed by atoms with Gasteiger partial charge in [0.25, 0.3) is 11.8 Å². The van der Waals surface area contributed by atoms with Gasteiger partial charge < -0.3 is 9.47 Å². The molecule has 2 aromatic rings. The molecule has 0 spiro atoms. The lowest BCUT2D eigenvalue weighted by Gasteiger charge is -2.10. The maximum absolute atomic E-state index is 12.1. The number of rotatable bonds is 6. The molecule has 126 valence electrons. The molecule has 0 aliphatic rings. The second-order valence-electron chi connectivity index (χ2n) is 4.76. The van der Waals surface area contributed by atoms with Crippen LogP contribution >= 0.6 is 15.9 Å². The topological polar surface area (TPSA) is 76.7 Å². The zero-order valence-electron chi connectivity index (χ0n) is 13.0. The summed E-state index contributed by atoms with van der Waals surface area (Å²) in [5, 5.41) is 0. The first-order chi connectivity index (χ1) is 11.6. The van der Waals surface area contributed by atoms with E-state index in [2.05, 4.69) is 26.8 Å². The Morgan fingerprint density at radius 3 is 2.25 bits per heavy atom. The Morgan fingerprint density at radius 1 is 0.958 bits per heavy atom. The van der Waals surface area contributed by atoms with E-state index in [1.807, 2.05) is 6.07 Å². The van der Waals surface area contributed by atoms with Crippen LogP contribution in [-0.4, -0.2) is 32.1 Å². The van der Waals surface area contributed by atoms with E-state index in [1.165, 1.54) is 0 Å². The minimum atomic E-state index is -0.427. The summed E-state index contributed by atoms with van der Waals surface area (Å²) < 4.78 is 11.0. The van der Waals surface area contributed by atoms with Crippen molar-refractivity contribution in [2.75, 3.05) is 20.3 Å². The molecule has 0 aliphatic carbocycles. The molecular weight excluding hydrogens is 376 g/mol. The van der Waals surface area contributed by atoms with E-state index < -0.39 is 5.91 Å². The van der Waals surface area contributed by atoms with E-state index in [4.69, 9.17) is 9.47 Å². The van der Waals surface area contributed by atoms with Crippen LogP contribution in [0.2, 0.25) is 0 Å². The molecule has 0 radical (unpaired) electrons. The molecule has 2 aromatic carbocycles. The SMILES string of the molecule is COCCOc1ccc(C(=O)NNC(=O)c2ccccc2)cc1Br. The third-order valence-electron chi connectivity index (χ3n) is 3.06. The summed E-state index contributed by atoms with van der Waals surface area (Å²) in [6, 6.07) is 13.5. The first-order valence-corrected chi connectivity index (χ1v) is 7.98. The summed E-state index contributed by atoms with van der Waals surface area (Å²) in [5.41, 5.74) is 5.59. The first-order valence-electron chi connectivity index (χ1n) is 7.19. The maximum Gasteiger partial charge on any atom is 0.269 e. The number of nitrogens with one attached hydrogen (secondary N) is 2. The molecule has 0 aliphatic heterocycles. The van der Waals surface area contributed by atoms with Gasteiger partial charge in [-0.15, -0.1) is 0 Å². The number of hydrogen-bond donors (Lipinski definition) is 2. The Balaban J connectivity index is 1.92. The van der Waals surface area contributed by atoms with Crippen LogP contribution in [0, 0.1) is 0 Å². The highest BCUT2D eigenvalue weighted by Crippen LogP contribution is 2.25. The van der Waals surface area contributed by atoms with E-state index in [1.54, 1.807) is 49.6 Å². The van der Waals surface area contributed by atoms with Gasteiger partial charge in [0, 0.05) is 18.2 Å². The second-order valence-corrected chi connectivity index (χ2v) is 5.62. The van der Waals surface area contributed by atoms with Crippen LogP contribution in [0.4, 0.5) is 0 Å². The summed E-state index contributed by atoms with van der Waals surface area (Å²) in [7, 11) is 1.59. The lowest BCUT2D eigenvalue weighted by Crippen LogP contribution is -2.41. The van der Waals surface area contributed by atoms with Crippen molar-refractivity contribution in [3.8, 4) is 5.75 Å². The lowest BCUT2D eigenvalue weighted by atomic mass is 10.2. The van der Waals surface area contributed by atoms with E-state index in [9.17, 15) is 9.59 Å². The smallest absolute Gasteiger partial charge is 0.269 e. The zero-order valence-corrected chi connectivity index (χ0v) is 14.6. The fraction of sp³-hybridized carbons (Fsp3) is 0.176. The minimum Gasteiger partial charge on any atom is -0.490 e. The van der Waals surface area contributed by atoms with Crippen molar-refractivity contribution < 1.29 is 19.1 Å². The van der Waals surface area contributed by atoms with Gasteiger partial charge >= 0.3 is 0 Å². The summed E-state index contributed by atoms with van der Waals surface area (Å²) in [5.74, 6) is -0.206. The molecule has 0 fully saturated rings. The zero-order chi connectivity index (χ0) is 17.4. The van der Waals surface area contributed by atoms with Crippen molar-refractivity contribution >= 4 is 27.7 Å². The van der Waals surface area contributed by atoms with Gasteiger partial charge in [0.15, 0.2) is 0 Å². The van der Waals surface area contributed by atoms with Crippen molar-refractivity contribution in [1.29, 1.82) is 0 Å². The van der Waals surface area contributed by atoms with Crippen LogP contribution < -0.4 is 15.6 Å². The number of carbonyl (C=O) groups excluding carboxylic acids is 2. The quantitative estimate of drug-likeness (QED) is 0.584. The van der Waals surface area contributed by atoms with Crippen LogP contribution in [0.15, 0.2) is 53.0 Å². The molecule has 24 heavy (non-hydrogen) atoms. The third kappa shape index (κ3) is 5.07. The molecule has 6 nitrogen and oxygen atoms in total. The van der Waals surface area contributed by atoms with Gasteiger partial charge in [-0.2, -0.15) is 0 Å². The number of amides is 2. The van der Waals surface area contributed by atoms with E-state index >= 15 is 0 Å². The van der Waals surface area contributed by atoms with Gasteiger partial charge in [0.2, 0.25) is 0 Å². The van der Waals surface area contributed by atoms with Gasteiger partial charge in [-0.1, -0.05) is 18.2 Å². The fourth-order valence-electron chi connectivity index (χ4n) is 1.84. The number of halogens is 1. The van der Waals surface area contributed by atoms with Gasteiger partial charge in [0.1, 0.15) is 12.4 Å². The minimum absolute atomic E-state index is 0.384. The number of hydrogen-bond acceptors (Lipinski definition) is 4. The largest absolute Gasteiger partial charge is 0.490 e. The molecule has 0 saturated carbocycles. The Labute approximate surface area is 148 Å². The number of methoxy groups -OCH3 is 1. The first kappa shape index (κ1) is 18.0. The summed E-state index contributed by atoms with van der Waals surface area (Å²) in [6.07, 6.45) is 0. The molecule has 2 rings (SSSR count). The van der Waals surface area contributed by atoms with Gasteiger partial charge in [0.05, 0.1) is 11.1 Å². The van der Waals surface area contributed by atoms with Crippen LogP contribution in [-0.2, 0) is 4.74 Å². The van der Waals surface area contributed by atoms with Crippen molar-refractivity contribution in [2.24, 2.45) is 0 Å². The van der Waals surface area contributed by atoms with Gasteiger partial charge in [-0.05, 0) is 46.3 Å². The standard InChI is InChI=1S/C17H17BrN2O4/c1-23-9-10-24-15-8-7-13(11-14(15)18)17(22)20-19-16(21)12-5-3-2-4-6-12/h2-8,11H,9-10H2,1H3,(H,19,21)(H,20,22). The van der Waals surface area contributed by atoms with Crippen molar-refractivity contribution in [2.45, 2.75) is 0 Å². The van der Waals surface area contributed by atoms with Crippen molar-refractivity contribution in [3.63, 3.8) is 0 Å². The molecule has 0 aromatic heterocycles. The summed E-state index contributed by atoms with van der Waals surface area (Å²) in [4.78, 5) is 24.0. The second kappa shape index (κ2) is 9.05. The molecule has 7 heteroatoms. The maximum atomic E-state index is 12.1. The Kier molecular flexibility index (Phi) is 6.77. The monoisotopic (exact) mass is 392 g/mol. The number of carbonyl (C=O) groups is 2. The predicted molar refractivity (Wildman–Crippen MR) is 92.9 cm³/mol. The Hall–Kier alpha value is -2.38. The predicted octanol–water partition coefficient (Wildman–Crippen LogP) is 2.55. The van der Waals surface area contributed by atoms with Crippen LogP contribution in [0.1, 0.15) is 20.7 Å². The average molecular weight is 393 g/mol. The number of ether oxygens (including phenoxy) is 2. The molecule has 0 saturated heterocycles. The highest BCUT2D eigenvalue weighted by Gasteiger charge is 2.11. The van der Waals surface area contributed by atoms with Crippen LogP contribution in [0.3, 0.4) is 0 Å². The van der Waals surface area contributed by atoms with E-state index in [-0.39, 0.29) is 5.91 Å². The number of hydrazine groups is 1. The van der Waals surface area contributed by atoms with Gasteiger partial charge in [-0.3, -0.25) is 20.4 Å². The third-order valence-corrected chi connectivity index (χ3v) is 3.68.